The maximum atomic E-state index is 12.1. The van der Waals surface area contributed by atoms with E-state index in [1.807, 2.05) is 18.2 Å². The molecule has 1 unspecified atom stereocenters. The minimum atomic E-state index is -1.89. The standard InChI is InChI=1S/C19H27N2O5/c1-18(2,3)26-16(23)15(20)10-7-11-19(21,13-22)17(24)25-12-14-8-5-4-6-9-14/h4-6,8-9,15H,7,10-12,20-21H2,1-3H3/t15?,19-/m0/s1. The lowest BCUT2D eigenvalue weighted by Crippen LogP contribution is -2.50. The molecule has 4 N–H and O–H groups in total. The van der Waals surface area contributed by atoms with E-state index in [2.05, 4.69) is 0 Å². The summed E-state index contributed by atoms with van der Waals surface area (Å²) < 4.78 is 10.3. The predicted molar refractivity (Wildman–Crippen MR) is 96.5 cm³/mol. The second kappa shape index (κ2) is 9.45. The van der Waals surface area contributed by atoms with Crippen molar-refractivity contribution in [1.82, 2.24) is 0 Å². The maximum Gasteiger partial charge on any atom is 0.334 e. The third-order valence-corrected chi connectivity index (χ3v) is 3.55. The van der Waals surface area contributed by atoms with Gasteiger partial charge in [0.1, 0.15) is 18.2 Å². The summed E-state index contributed by atoms with van der Waals surface area (Å²) in [5, 5.41) is 0. The molecule has 0 saturated carbocycles. The van der Waals surface area contributed by atoms with Crippen molar-refractivity contribution in [2.24, 2.45) is 11.5 Å². The predicted octanol–water partition coefficient (Wildman–Crippen LogP) is 1.38. The van der Waals surface area contributed by atoms with Crippen molar-refractivity contribution in [1.29, 1.82) is 0 Å². The van der Waals surface area contributed by atoms with Gasteiger partial charge in [-0.3, -0.25) is 9.59 Å². The van der Waals surface area contributed by atoms with Crippen LogP contribution in [0, 0.1) is 0 Å². The summed E-state index contributed by atoms with van der Waals surface area (Å²) in [7, 11) is 0. The zero-order chi connectivity index (χ0) is 19.8. The fraction of sp³-hybridized carbons (Fsp3) is 0.526. The molecule has 0 heterocycles. The van der Waals surface area contributed by atoms with Crippen LogP contribution in [-0.4, -0.2) is 35.4 Å². The third-order valence-electron chi connectivity index (χ3n) is 3.55. The zero-order valence-electron chi connectivity index (χ0n) is 15.5. The summed E-state index contributed by atoms with van der Waals surface area (Å²) in [6.07, 6.45) is 2.02. The Balaban J connectivity index is 2.49. The van der Waals surface area contributed by atoms with Gasteiger partial charge in [-0.05, 0) is 45.6 Å². The van der Waals surface area contributed by atoms with Crippen LogP contribution < -0.4 is 11.5 Å². The zero-order valence-corrected chi connectivity index (χ0v) is 15.5. The Kier molecular flexibility index (Phi) is 7.92. The van der Waals surface area contributed by atoms with Gasteiger partial charge in [0.25, 0.3) is 0 Å². The smallest absolute Gasteiger partial charge is 0.334 e. The van der Waals surface area contributed by atoms with Crippen molar-refractivity contribution in [2.45, 2.75) is 63.8 Å². The normalized spacial score (nSPS) is 14.8. The summed E-state index contributed by atoms with van der Waals surface area (Å²) in [5.74, 6) is -1.40. The number of ether oxygens (including phenoxy) is 2. The lowest BCUT2D eigenvalue weighted by molar-refractivity contribution is -0.156. The van der Waals surface area contributed by atoms with Gasteiger partial charge in [0.05, 0.1) is 0 Å². The number of hydrogen-bond acceptors (Lipinski definition) is 7. The first-order chi connectivity index (χ1) is 12.1. The second-order valence-electron chi connectivity index (χ2n) is 7.17. The molecule has 7 heteroatoms. The van der Waals surface area contributed by atoms with Crippen LogP contribution in [0.5, 0.6) is 0 Å². The van der Waals surface area contributed by atoms with Gasteiger partial charge in [-0.15, -0.1) is 0 Å². The van der Waals surface area contributed by atoms with E-state index in [9.17, 15) is 14.4 Å². The van der Waals surface area contributed by atoms with Crippen LogP contribution >= 0.6 is 0 Å². The fourth-order valence-corrected chi connectivity index (χ4v) is 2.14. The van der Waals surface area contributed by atoms with Crippen LogP contribution in [0.2, 0.25) is 0 Å². The van der Waals surface area contributed by atoms with Crippen LogP contribution in [-0.2, 0) is 30.5 Å². The number of carbonyl (C=O) groups is 2. The molecular weight excluding hydrogens is 336 g/mol. The van der Waals surface area contributed by atoms with E-state index in [4.69, 9.17) is 20.9 Å². The number of carbonyl (C=O) groups excluding carboxylic acids is 3. The molecule has 143 valence electrons. The highest BCUT2D eigenvalue weighted by Crippen LogP contribution is 2.15. The highest BCUT2D eigenvalue weighted by atomic mass is 16.6. The number of nitrogens with two attached hydrogens (primary N) is 2. The van der Waals surface area contributed by atoms with Crippen molar-refractivity contribution >= 4 is 18.2 Å². The van der Waals surface area contributed by atoms with Crippen LogP contribution in [0.3, 0.4) is 0 Å². The number of benzene rings is 1. The topological polar surface area (TPSA) is 122 Å². The summed E-state index contributed by atoms with van der Waals surface area (Å²) in [5.41, 5.74) is 9.85. The van der Waals surface area contributed by atoms with Crippen molar-refractivity contribution in [3.63, 3.8) is 0 Å². The first-order valence-corrected chi connectivity index (χ1v) is 8.45. The van der Waals surface area contributed by atoms with Crippen molar-refractivity contribution in [2.75, 3.05) is 0 Å². The average Bonchev–Trinajstić information content (AvgIpc) is 2.58. The molecule has 1 radical (unpaired) electrons. The molecule has 0 aromatic heterocycles. The molecule has 0 fully saturated rings. The molecule has 0 amide bonds. The van der Waals surface area contributed by atoms with Gasteiger partial charge in [-0.25, -0.2) is 4.79 Å². The van der Waals surface area contributed by atoms with E-state index in [-0.39, 0.29) is 25.9 Å². The lowest BCUT2D eigenvalue weighted by atomic mass is 9.94. The molecule has 2 atom stereocenters. The number of rotatable bonds is 9. The van der Waals surface area contributed by atoms with Crippen molar-refractivity contribution < 1.29 is 23.9 Å². The summed E-state index contributed by atoms with van der Waals surface area (Å²) in [4.78, 5) is 35.2. The first kappa shape index (κ1) is 21.8. The minimum absolute atomic E-state index is 0.0116. The van der Waals surface area contributed by atoms with E-state index in [0.717, 1.165) is 5.56 Å². The number of hydrogen-bond donors (Lipinski definition) is 2. The van der Waals surface area contributed by atoms with Gasteiger partial charge in [0.2, 0.25) is 6.29 Å². The molecule has 1 aromatic rings. The Labute approximate surface area is 154 Å². The third kappa shape index (κ3) is 7.33. The van der Waals surface area contributed by atoms with Crippen molar-refractivity contribution in [3.05, 3.63) is 35.9 Å². The summed E-state index contributed by atoms with van der Waals surface area (Å²) in [6, 6.07) is 8.17. The van der Waals surface area contributed by atoms with Gasteiger partial charge < -0.3 is 20.9 Å². The largest absolute Gasteiger partial charge is 0.459 e. The number of esters is 2. The van der Waals surface area contributed by atoms with Gasteiger partial charge in [0, 0.05) is 0 Å². The summed E-state index contributed by atoms with van der Waals surface area (Å²) in [6.45, 7) is 5.24. The van der Waals surface area contributed by atoms with Gasteiger partial charge >= 0.3 is 11.9 Å². The Morgan fingerprint density at radius 1 is 1.19 bits per heavy atom. The Bertz CT molecular complexity index is 612. The molecule has 0 aliphatic rings. The van der Waals surface area contributed by atoms with Crippen LogP contribution in [0.1, 0.15) is 45.6 Å². The molecule has 0 spiro atoms. The van der Waals surface area contributed by atoms with Crippen molar-refractivity contribution in [3.8, 4) is 0 Å². The Hall–Kier alpha value is -2.25. The average molecular weight is 363 g/mol. The van der Waals surface area contributed by atoms with Crippen LogP contribution in [0.4, 0.5) is 0 Å². The van der Waals surface area contributed by atoms with E-state index >= 15 is 0 Å². The monoisotopic (exact) mass is 363 g/mol. The molecule has 0 aliphatic carbocycles. The van der Waals surface area contributed by atoms with E-state index in [0.29, 0.717) is 0 Å². The van der Waals surface area contributed by atoms with Gasteiger partial charge in [-0.1, -0.05) is 30.3 Å². The molecule has 7 nitrogen and oxygen atoms in total. The minimum Gasteiger partial charge on any atom is -0.459 e. The van der Waals surface area contributed by atoms with E-state index < -0.39 is 29.1 Å². The Morgan fingerprint density at radius 3 is 2.35 bits per heavy atom. The molecule has 0 saturated heterocycles. The maximum absolute atomic E-state index is 12.1. The highest BCUT2D eigenvalue weighted by molar-refractivity contribution is 5.98. The lowest BCUT2D eigenvalue weighted by Gasteiger charge is -2.23. The van der Waals surface area contributed by atoms with Gasteiger partial charge in [-0.2, -0.15) is 0 Å². The SMILES string of the molecule is CC(C)(C)OC(=O)C(N)CCC[C@](N)([C]=O)C(=O)OCc1ccccc1. The molecule has 1 rings (SSSR count). The molecule has 0 aliphatic heterocycles. The molecule has 26 heavy (non-hydrogen) atoms. The van der Waals surface area contributed by atoms with Gasteiger partial charge in [0.15, 0.2) is 5.54 Å². The first-order valence-electron chi connectivity index (χ1n) is 8.45. The van der Waals surface area contributed by atoms with E-state index in [1.165, 1.54) is 0 Å². The van der Waals surface area contributed by atoms with E-state index in [1.54, 1.807) is 39.2 Å². The molecule has 0 bridgehead atoms. The van der Waals surface area contributed by atoms with Crippen LogP contribution in [0.15, 0.2) is 30.3 Å². The molecular formula is C19H27N2O5. The second-order valence-corrected chi connectivity index (χ2v) is 7.17. The van der Waals surface area contributed by atoms with Crippen LogP contribution in [0.25, 0.3) is 0 Å². The quantitative estimate of drug-likeness (QED) is 0.502. The summed E-state index contributed by atoms with van der Waals surface area (Å²) >= 11 is 0. The molecule has 1 aromatic carbocycles. The fourth-order valence-electron chi connectivity index (χ4n) is 2.14. The Morgan fingerprint density at radius 2 is 1.81 bits per heavy atom. The highest BCUT2D eigenvalue weighted by Gasteiger charge is 2.36.